The Labute approximate surface area is 220 Å². The Kier molecular flexibility index (Phi) is 11.2. The first-order valence-corrected chi connectivity index (χ1v) is 14.2. The van der Waals surface area contributed by atoms with Crippen LogP contribution in [0, 0.1) is 0 Å². The van der Waals surface area contributed by atoms with Gasteiger partial charge in [0.25, 0.3) is 0 Å². The molecule has 204 valence electrons. The average Bonchev–Trinajstić information content (AvgIpc) is 2.88. The number of carbonyl (C=O) groups is 2. The van der Waals surface area contributed by atoms with E-state index in [9.17, 15) is 18.0 Å². The molecule has 2 atom stereocenters. The molecule has 2 aromatic rings. The molecule has 9 nitrogen and oxygen atoms in total. The second-order valence-electron chi connectivity index (χ2n) is 8.98. The van der Waals surface area contributed by atoms with Gasteiger partial charge < -0.3 is 19.7 Å². The highest BCUT2D eigenvalue weighted by Gasteiger charge is 2.27. The third-order valence-electron chi connectivity index (χ3n) is 6.16. The second kappa shape index (κ2) is 13.9. The smallest absolute Gasteiger partial charge is 0.242 e. The monoisotopic (exact) mass is 533 g/mol. The summed E-state index contributed by atoms with van der Waals surface area (Å²) in [5.74, 6) is 0.594. The second-order valence-corrected chi connectivity index (χ2v) is 10.9. The van der Waals surface area contributed by atoms with Crippen LogP contribution in [0.3, 0.4) is 0 Å². The van der Waals surface area contributed by atoms with Gasteiger partial charge in [-0.1, -0.05) is 31.2 Å². The predicted octanol–water partition coefficient (Wildman–Crippen LogP) is 3.58. The van der Waals surface area contributed by atoms with Crippen molar-refractivity contribution in [2.24, 2.45) is 0 Å². The maximum atomic E-state index is 13.4. The van der Waals surface area contributed by atoms with Crippen molar-refractivity contribution in [2.45, 2.75) is 58.7 Å². The van der Waals surface area contributed by atoms with Gasteiger partial charge in [-0.05, 0) is 56.5 Å². The van der Waals surface area contributed by atoms with E-state index in [0.717, 1.165) is 18.2 Å². The fraction of sp³-hybridized carbons (Fsp3) is 0.481. The predicted molar refractivity (Wildman–Crippen MR) is 145 cm³/mol. The molecule has 0 bridgehead atoms. The summed E-state index contributed by atoms with van der Waals surface area (Å²) in [7, 11) is -0.575. The SMILES string of the molecule is CC[C@@H](C)NC(=O)[C@@H](C)N(Cc1cccc(OC)c1)C(=O)CCCN(c1ccccc1OC)S(C)(=O)=O. The van der Waals surface area contributed by atoms with E-state index in [0.29, 0.717) is 17.2 Å². The largest absolute Gasteiger partial charge is 0.497 e. The highest BCUT2D eigenvalue weighted by atomic mass is 32.2. The summed E-state index contributed by atoms with van der Waals surface area (Å²) in [5, 5.41) is 2.94. The summed E-state index contributed by atoms with van der Waals surface area (Å²) in [6.45, 7) is 5.90. The van der Waals surface area contributed by atoms with E-state index in [-0.39, 0.29) is 43.8 Å². The molecule has 2 aromatic carbocycles. The Morgan fingerprint density at radius 3 is 2.35 bits per heavy atom. The van der Waals surface area contributed by atoms with Crippen LogP contribution < -0.4 is 19.1 Å². The summed E-state index contributed by atoms with van der Waals surface area (Å²) in [5.41, 5.74) is 1.23. The Morgan fingerprint density at radius 2 is 1.73 bits per heavy atom. The average molecular weight is 534 g/mol. The number of hydrogen-bond donors (Lipinski definition) is 1. The molecule has 0 aliphatic rings. The maximum Gasteiger partial charge on any atom is 0.242 e. The summed E-state index contributed by atoms with van der Waals surface area (Å²) in [4.78, 5) is 27.9. The zero-order valence-corrected chi connectivity index (χ0v) is 23.4. The number of ether oxygens (including phenoxy) is 2. The zero-order valence-electron chi connectivity index (χ0n) is 22.6. The van der Waals surface area contributed by atoms with E-state index in [2.05, 4.69) is 5.32 Å². The molecule has 0 aromatic heterocycles. The number of carbonyl (C=O) groups excluding carboxylic acids is 2. The van der Waals surface area contributed by atoms with Gasteiger partial charge in [0, 0.05) is 25.6 Å². The van der Waals surface area contributed by atoms with Crippen molar-refractivity contribution in [3.63, 3.8) is 0 Å². The van der Waals surface area contributed by atoms with E-state index in [4.69, 9.17) is 9.47 Å². The minimum atomic E-state index is -3.62. The molecule has 1 N–H and O–H groups in total. The van der Waals surface area contributed by atoms with Gasteiger partial charge in [-0.15, -0.1) is 0 Å². The molecule has 2 rings (SSSR count). The zero-order chi connectivity index (χ0) is 27.6. The van der Waals surface area contributed by atoms with Gasteiger partial charge in [-0.25, -0.2) is 8.42 Å². The van der Waals surface area contributed by atoms with Crippen LogP contribution in [0.5, 0.6) is 11.5 Å². The molecular weight excluding hydrogens is 494 g/mol. The van der Waals surface area contributed by atoms with E-state index in [1.165, 1.54) is 16.3 Å². The molecule has 0 radical (unpaired) electrons. The van der Waals surface area contributed by atoms with Gasteiger partial charge in [0.2, 0.25) is 21.8 Å². The van der Waals surface area contributed by atoms with Crippen LogP contribution >= 0.6 is 0 Å². The molecule has 0 fully saturated rings. The van der Waals surface area contributed by atoms with Crippen LogP contribution in [0.15, 0.2) is 48.5 Å². The lowest BCUT2D eigenvalue weighted by atomic mass is 10.1. The van der Waals surface area contributed by atoms with Crippen molar-refractivity contribution in [2.75, 3.05) is 31.3 Å². The summed E-state index contributed by atoms with van der Waals surface area (Å²) >= 11 is 0. The van der Waals surface area contributed by atoms with Crippen LogP contribution in [0.25, 0.3) is 0 Å². The minimum Gasteiger partial charge on any atom is -0.497 e. The highest BCUT2D eigenvalue weighted by molar-refractivity contribution is 7.92. The number of sulfonamides is 1. The number of amides is 2. The van der Waals surface area contributed by atoms with Gasteiger partial charge in [0.05, 0.1) is 26.2 Å². The van der Waals surface area contributed by atoms with Crippen molar-refractivity contribution in [1.29, 1.82) is 0 Å². The molecule has 0 spiro atoms. The lowest BCUT2D eigenvalue weighted by molar-refractivity contribution is -0.140. The van der Waals surface area contributed by atoms with Crippen LogP contribution in [-0.2, 0) is 26.2 Å². The Balaban J connectivity index is 2.22. The number of nitrogens with one attached hydrogen (secondary N) is 1. The number of methoxy groups -OCH3 is 2. The Morgan fingerprint density at radius 1 is 1.03 bits per heavy atom. The highest BCUT2D eigenvalue weighted by Crippen LogP contribution is 2.29. The molecule has 2 amide bonds. The third kappa shape index (κ3) is 8.66. The molecule has 0 aliphatic carbocycles. The number of nitrogens with zero attached hydrogens (tertiary/aromatic N) is 2. The first-order valence-electron chi connectivity index (χ1n) is 12.3. The number of hydrogen-bond acceptors (Lipinski definition) is 6. The number of para-hydroxylation sites is 2. The third-order valence-corrected chi connectivity index (χ3v) is 7.34. The normalized spacial score (nSPS) is 12.8. The molecule has 0 aliphatic heterocycles. The maximum absolute atomic E-state index is 13.4. The lowest BCUT2D eigenvalue weighted by Crippen LogP contribution is -2.49. The van der Waals surface area contributed by atoms with Crippen LogP contribution in [0.4, 0.5) is 5.69 Å². The molecule has 0 saturated carbocycles. The molecule has 0 unspecified atom stereocenters. The summed E-state index contributed by atoms with van der Waals surface area (Å²) < 4.78 is 37.0. The van der Waals surface area contributed by atoms with E-state index >= 15 is 0 Å². The Hall–Kier alpha value is -3.27. The molecule has 37 heavy (non-hydrogen) atoms. The van der Waals surface area contributed by atoms with Crippen LogP contribution in [-0.4, -0.2) is 64.2 Å². The topological polar surface area (TPSA) is 105 Å². The van der Waals surface area contributed by atoms with Crippen molar-refractivity contribution >= 4 is 27.5 Å². The van der Waals surface area contributed by atoms with Crippen LogP contribution in [0.2, 0.25) is 0 Å². The molecule has 0 heterocycles. The molecule has 0 saturated heterocycles. The van der Waals surface area contributed by atoms with Gasteiger partial charge >= 0.3 is 0 Å². The van der Waals surface area contributed by atoms with Crippen molar-refractivity contribution in [3.8, 4) is 11.5 Å². The fourth-order valence-corrected chi connectivity index (χ4v) is 4.80. The summed E-state index contributed by atoms with van der Waals surface area (Å²) in [6, 6.07) is 13.4. The number of rotatable bonds is 14. The first-order chi connectivity index (χ1) is 17.5. The van der Waals surface area contributed by atoms with Gasteiger partial charge in [0.1, 0.15) is 17.5 Å². The van der Waals surface area contributed by atoms with Crippen LogP contribution in [0.1, 0.15) is 45.6 Å². The molecule has 10 heteroatoms. The standard InChI is InChI=1S/C27H39N3O6S/c1-7-20(2)28-27(32)21(3)29(19-22-12-10-13-23(18-22)35-4)26(31)16-11-17-30(37(6,33)34)24-14-8-9-15-25(24)36-5/h8-10,12-15,18,20-21H,7,11,16-17,19H2,1-6H3,(H,28,32)/t20-,21-/m1/s1. The van der Waals surface area contributed by atoms with Gasteiger partial charge in [-0.3, -0.25) is 13.9 Å². The quantitative estimate of drug-likeness (QED) is 0.398. The first kappa shape index (κ1) is 30.0. The minimum absolute atomic E-state index is 0.0205. The van der Waals surface area contributed by atoms with Gasteiger partial charge in [-0.2, -0.15) is 0 Å². The number of anilines is 1. The van der Waals surface area contributed by atoms with Gasteiger partial charge in [0.15, 0.2) is 0 Å². The van der Waals surface area contributed by atoms with Crippen molar-refractivity contribution in [1.82, 2.24) is 10.2 Å². The van der Waals surface area contributed by atoms with E-state index < -0.39 is 16.1 Å². The molecular formula is C27H39N3O6S. The van der Waals surface area contributed by atoms with E-state index in [1.807, 2.05) is 38.1 Å². The number of benzene rings is 2. The fourth-order valence-electron chi connectivity index (χ4n) is 3.83. The Bertz CT molecular complexity index is 1150. The van der Waals surface area contributed by atoms with Crippen molar-refractivity contribution < 1.29 is 27.5 Å². The lowest BCUT2D eigenvalue weighted by Gasteiger charge is -2.30. The van der Waals surface area contributed by atoms with E-state index in [1.54, 1.807) is 38.3 Å². The summed E-state index contributed by atoms with van der Waals surface area (Å²) in [6.07, 6.45) is 2.22. The van der Waals surface area contributed by atoms with Crippen molar-refractivity contribution in [3.05, 3.63) is 54.1 Å².